The molecule has 2 bridgehead atoms. The number of hydrogen-bond donors (Lipinski definition) is 0. The fourth-order valence-corrected chi connectivity index (χ4v) is 5.89. The molecule has 8 heteroatoms. The number of halogens is 1. The van der Waals surface area contributed by atoms with Crippen LogP contribution in [-0.2, 0) is 24.3 Å². The second-order valence-electron chi connectivity index (χ2n) is 9.64. The summed E-state index contributed by atoms with van der Waals surface area (Å²) in [7, 11) is 0. The molecule has 33 heavy (non-hydrogen) atoms. The number of fused-ring (bicyclic) bond motifs is 4. The number of carbonyl (C=O) groups excluding carboxylic acids is 1. The van der Waals surface area contributed by atoms with Crippen LogP contribution in [0.1, 0.15) is 37.1 Å². The Kier molecular flexibility index (Phi) is 5.42. The fraction of sp³-hybridized carbons (Fsp3) is 0.520. The van der Waals surface area contributed by atoms with Gasteiger partial charge in [0.1, 0.15) is 6.67 Å². The van der Waals surface area contributed by atoms with Crippen molar-refractivity contribution < 1.29 is 9.18 Å². The van der Waals surface area contributed by atoms with Gasteiger partial charge in [-0.2, -0.15) is 5.10 Å². The van der Waals surface area contributed by atoms with E-state index in [0.29, 0.717) is 38.1 Å². The maximum atomic E-state index is 12.9. The van der Waals surface area contributed by atoms with Crippen molar-refractivity contribution in [2.75, 3.05) is 26.3 Å². The number of nitrogens with zero attached hydrogens (tertiary/aromatic N) is 6. The quantitative estimate of drug-likeness (QED) is 0.554. The molecule has 2 fully saturated rings. The second kappa shape index (κ2) is 8.57. The Bertz CT molecular complexity index is 1170. The molecule has 7 nitrogen and oxygen atoms in total. The zero-order valence-electron chi connectivity index (χ0n) is 18.8. The minimum absolute atomic E-state index is 0.244. The van der Waals surface area contributed by atoms with Crippen molar-refractivity contribution >= 4 is 16.6 Å². The topological polar surface area (TPSA) is 67.2 Å². The van der Waals surface area contributed by atoms with Crippen LogP contribution in [0.15, 0.2) is 30.7 Å². The third kappa shape index (κ3) is 3.95. The van der Waals surface area contributed by atoms with Crippen LogP contribution in [-0.4, -0.2) is 73.7 Å². The molecule has 0 atom stereocenters. The van der Waals surface area contributed by atoms with Gasteiger partial charge >= 0.3 is 0 Å². The average Bonchev–Trinajstić information content (AvgIpc) is 3.53. The molecule has 0 N–H and O–H groups in total. The van der Waals surface area contributed by atoms with E-state index in [4.69, 9.17) is 0 Å². The molecule has 172 valence electrons. The summed E-state index contributed by atoms with van der Waals surface area (Å²) in [5.41, 5.74) is 3.72. The predicted molar refractivity (Wildman–Crippen MR) is 123 cm³/mol. The van der Waals surface area contributed by atoms with Crippen molar-refractivity contribution in [2.45, 2.75) is 57.3 Å². The first-order valence-electron chi connectivity index (χ1n) is 12.0. The van der Waals surface area contributed by atoms with Gasteiger partial charge < -0.3 is 0 Å². The lowest BCUT2D eigenvalue weighted by Gasteiger charge is -2.27. The molecule has 0 unspecified atom stereocenters. The third-order valence-corrected chi connectivity index (χ3v) is 7.63. The van der Waals surface area contributed by atoms with Crippen LogP contribution in [0.5, 0.6) is 0 Å². The first-order valence-corrected chi connectivity index (χ1v) is 12.0. The van der Waals surface area contributed by atoms with E-state index in [2.05, 4.69) is 30.9 Å². The Balaban J connectivity index is 1.22. The maximum absolute atomic E-state index is 12.9. The van der Waals surface area contributed by atoms with Gasteiger partial charge in [0.2, 0.25) is 0 Å². The smallest absolute Gasteiger partial charge is 0.152 e. The third-order valence-electron chi connectivity index (χ3n) is 7.63. The Morgan fingerprint density at radius 3 is 2.58 bits per heavy atom. The lowest BCUT2D eigenvalue weighted by Crippen LogP contribution is -2.35. The van der Waals surface area contributed by atoms with E-state index in [1.54, 1.807) is 0 Å². The van der Waals surface area contributed by atoms with Gasteiger partial charge in [0.15, 0.2) is 5.78 Å². The Hall–Kier alpha value is -2.71. The van der Waals surface area contributed by atoms with Crippen LogP contribution in [0.4, 0.5) is 4.39 Å². The minimum Gasteiger partial charge on any atom is -0.298 e. The van der Waals surface area contributed by atoms with Gasteiger partial charge in [-0.3, -0.25) is 29.2 Å². The van der Waals surface area contributed by atoms with Crippen molar-refractivity contribution in [2.24, 2.45) is 0 Å². The summed E-state index contributed by atoms with van der Waals surface area (Å²) in [5.74, 6) is 0.244. The number of aromatic nitrogens is 4. The number of ketones is 1. The number of hydrogen-bond acceptors (Lipinski definition) is 6. The van der Waals surface area contributed by atoms with E-state index >= 15 is 0 Å². The van der Waals surface area contributed by atoms with Crippen LogP contribution in [0.2, 0.25) is 0 Å². The molecule has 0 spiro atoms. The van der Waals surface area contributed by atoms with Crippen molar-refractivity contribution in [1.82, 2.24) is 29.5 Å². The zero-order valence-corrected chi connectivity index (χ0v) is 18.8. The lowest BCUT2D eigenvalue weighted by atomic mass is 10.0. The van der Waals surface area contributed by atoms with E-state index in [9.17, 15) is 9.18 Å². The molecule has 0 radical (unpaired) electrons. The van der Waals surface area contributed by atoms with E-state index < -0.39 is 0 Å². The molecule has 3 aliphatic heterocycles. The highest BCUT2D eigenvalue weighted by Crippen LogP contribution is 2.37. The molecule has 3 aromatic heterocycles. The van der Waals surface area contributed by atoms with Crippen LogP contribution in [0.25, 0.3) is 22.0 Å². The zero-order chi connectivity index (χ0) is 22.4. The summed E-state index contributed by atoms with van der Waals surface area (Å²) < 4.78 is 14.8. The maximum Gasteiger partial charge on any atom is 0.152 e. The number of rotatable bonds is 7. The van der Waals surface area contributed by atoms with Crippen molar-refractivity contribution in [3.63, 3.8) is 0 Å². The largest absolute Gasteiger partial charge is 0.298 e. The van der Waals surface area contributed by atoms with Gasteiger partial charge in [-0.1, -0.05) is 0 Å². The number of alkyl halides is 1. The molecule has 2 saturated heterocycles. The van der Waals surface area contributed by atoms with E-state index in [1.807, 2.05) is 29.3 Å². The van der Waals surface area contributed by atoms with Gasteiger partial charge in [-0.25, -0.2) is 4.39 Å². The molecule has 0 aromatic carbocycles. The van der Waals surface area contributed by atoms with Crippen LogP contribution < -0.4 is 0 Å². The molecule has 3 aromatic rings. The molecule has 0 saturated carbocycles. The first kappa shape index (κ1) is 20.9. The highest BCUT2D eigenvalue weighted by molar-refractivity contribution is 5.87. The minimum atomic E-state index is -0.342. The Labute approximate surface area is 192 Å². The van der Waals surface area contributed by atoms with Gasteiger partial charge in [0.05, 0.1) is 37.1 Å². The number of pyridine rings is 2. The van der Waals surface area contributed by atoms with E-state index in [0.717, 1.165) is 46.5 Å². The highest BCUT2D eigenvalue weighted by atomic mass is 19.1. The summed E-state index contributed by atoms with van der Waals surface area (Å²) in [6.07, 6.45) is 10.8. The summed E-state index contributed by atoms with van der Waals surface area (Å²) in [6.45, 7) is 2.90. The van der Waals surface area contributed by atoms with Crippen molar-refractivity contribution in [3.8, 4) is 11.3 Å². The number of Topliss-reactive ketones (excluding diaryl/α,β-unsaturated/α-hetero) is 1. The Morgan fingerprint density at radius 1 is 1.00 bits per heavy atom. The van der Waals surface area contributed by atoms with Crippen molar-refractivity contribution in [3.05, 3.63) is 42.1 Å². The standard InChI is InChI=1S/C25H29FN6O/c26-5-6-30-7-8-32-25(16-30)23(14-29-32)24-10-17-9-19(27-12-18(17)13-28-24)11-22(33)15-31-20-1-2-21(31)4-3-20/h9-10,12-14,20-21H,1-8,11,15-16H2. The number of carbonyl (C=O) groups is 1. The molecule has 3 aliphatic rings. The summed E-state index contributed by atoms with van der Waals surface area (Å²) in [5, 5.41) is 6.50. The van der Waals surface area contributed by atoms with E-state index in [1.165, 1.54) is 25.7 Å². The summed E-state index contributed by atoms with van der Waals surface area (Å²) in [6, 6.07) is 5.29. The molecule has 6 heterocycles. The van der Waals surface area contributed by atoms with Crippen LogP contribution in [0, 0.1) is 0 Å². The van der Waals surface area contributed by atoms with Gasteiger partial charge in [0.25, 0.3) is 0 Å². The first-order chi connectivity index (χ1) is 16.2. The molecule has 0 amide bonds. The lowest BCUT2D eigenvalue weighted by molar-refractivity contribution is -0.119. The molecular formula is C25H29FN6O. The fourth-order valence-electron chi connectivity index (χ4n) is 5.89. The van der Waals surface area contributed by atoms with Crippen LogP contribution >= 0.6 is 0 Å². The van der Waals surface area contributed by atoms with E-state index in [-0.39, 0.29) is 12.5 Å². The summed E-state index contributed by atoms with van der Waals surface area (Å²) >= 11 is 0. The average molecular weight is 449 g/mol. The molecular weight excluding hydrogens is 419 g/mol. The second-order valence-corrected chi connectivity index (χ2v) is 9.64. The molecule has 0 aliphatic carbocycles. The Morgan fingerprint density at radius 2 is 1.79 bits per heavy atom. The normalized spacial score (nSPS) is 22.8. The van der Waals surface area contributed by atoms with Crippen molar-refractivity contribution in [1.29, 1.82) is 0 Å². The SMILES string of the molecule is O=C(Cc1cc2cc(-c3cnn4c3CN(CCF)CC4)ncc2cn1)CN1C2CCC1CC2. The van der Waals surface area contributed by atoms with Crippen LogP contribution in [0.3, 0.4) is 0 Å². The van der Waals surface area contributed by atoms with Gasteiger partial charge in [-0.15, -0.1) is 0 Å². The predicted octanol–water partition coefficient (Wildman–Crippen LogP) is 3.02. The monoisotopic (exact) mass is 448 g/mol. The molecule has 6 rings (SSSR count). The highest BCUT2D eigenvalue weighted by Gasteiger charge is 2.39. The summed E-state index contributed by atoms with van der Waals surface area (Å²) in [4.78, 5) is 26.5. The van der Waals surface area contributed by atoms with Gasteiger partial charge in [-0.05, 0) is 43.2 Å². The van der Waals surface area contributed by atoms with Gasteiger partial charge in [0, 0.05) is 60.8 Å².